The number of hydrogen-bond donors (Lipinski definition) is 1. The lowest BCUT2D eigenvalue weighted by Crippen LogP contribution is -2.40. The van der Waals surface area contributed by atoms with Crippen LogP contribution in [0.3, 0.4) is 0 Å². The molecule has 6 nitrogen and oxygen atoms in total. The van der Waals surface area contributed by atoms with Crippen LogP contribution in [0.15, 0.2) is 34.8 Å². The van der Waals surface area contributed by atoms with Gasteiger partial charge in [0.2, 0.25) is 0 Å². The van der Waals surface area contributed by atoms with Crippen LogP contribution in [0.4, 0.5) is 0 Å². The first-order valence-electron chi connectivity index (χ1n) is 7.34. The molecule has 0 spiro atoms. The van der Waals surface area contributed by atoms with Crippen LogP contribution in [0.5, 0.6) is 0 Å². The van der Waals surface area contributed by atoms with Gasteiger partial charge in [-0.1, -0.05) is 15.9 Å². The van der Waals surface area contributed by atoms with Crippen LogP contribution in [-0.2, 0) is 4.79 Å². The second-order valence-electron chi connectivity index (χ2n) is 5.55. The standard InChI is InChI=1S/C16H16BrN3O3/c1-10-9-13(15(21)19-8-2-3-14(19)16(22)23)18-20(10)12-6-4-11(17)5-7-12/h4-7,9,14H,2-3,8H2,1H3,(H,22,23)/t14-/m0/s1. The number of nitrogens with zero attached hydrogens (tertiary/aromatic N) is 3. The first-order chi connectivity index (χ1) is 11.0. The van der Waals surface area contributed by atoms with Gasteiger partial charge in [0.25, 0.3) is 5.91 Å². The van der Waals surface area contributed by atoms with Crippen LogP contribution in [0.1, 0.15) is 29.0 Å². The van der Waals surface area contributed by atoms with E-state index in [1.54, 1.807) is 10.7 Å². The number of likely N-dealkylation sites (tertiary alicyclic amines) is 1. The van der Waals surface area contributed by atoms with Gasteiger partial charge in [0.1, 0.15) is 6.04 Å². The Morgan fingerprint density at radius 2 is 2.00 bits per heavy atom. The van der Waals surface area contributed by atoms with Gasteiger partial charge in [0.05, 0.1) is 5.69 Å². The number of hydrogen-bond acceptors (Lipinski definition) is 3. The highest BCUT2D eigenvalue weighted by Gasteiger charge is 2.35. The van der Waals surface area contributed by atoms with E-state index in [1.165, 1.54) is 4.90 Å². The zero-order valence-corrected chi connectivity index (χ0v) is 14.2. The molecule has 1 aliphatic heterocycles. The van der Waals surface area contributed by atoms with Crippen LogP contribution < -0.4 is 0 Å². The van der Waals surface area contributed by atoms with Gasteiger partial charge in [0, 0.05) is 16.7 Å². The third-order valence-electron chi connectivity index (χ3n) is 3.98. The van der Waals surface area contributed by atoms with Crippen LogP contribution in [0.25, 0.3) is 5.69 Å². The highest BCUT2D eigenvalue weighted by molar-refractivity contribution is 9.10. The molecule has 1 saturated heterocycles. The lowest BCUT2D eigenvalue weighted by molar-refractivity contribution is -0.141. The topological polar surface area (TPSA) is 75.4 Å². The van der Waals surface area contributed by atoms with Crippen molar-refractivity contribution in [3.8, 4) is 5.69 Å². The van der Waals surface area contributed by atoms with Gasteiger partial charge in [-0.15, -0.1) is 0 Å². The summed E-state index contributed by atoms with van der Waals surface area (Å²) in [6.07, 6.45) is 1.20. The van der Waals surface area contributed by atoms with Crippen molar-refractivity contribution >= 4 is 27.8 Å². The number of carboxylic acid groups (broad SMARTS) is 1. The number of carbonyl (C=O) groups excluding carboxylic acids is 1. The Kier molecular flexibility index (Phi) is 4.21. The Labute approximate surface area is 141 Å². The second kappa shape index (κ2) is 6.16. The van der Waals surface area contributed by atoms with E-state index in [2.05, 4.69) is 21.0 Å². The fraction of sp³-hybridized carbons (Fsp3) is 0.312. The first kappa shape index (κ1) is 15.7. The highest BCUT2D eigenvalue weighted by atomic mass is 79.9. The zero-order chi connectivity index (χ0) is 16.6. The molecule has 1 aliphatic rings. The molecule has 0 saturated carbocycles. The fourth-order valence-electron chi connectivity index (χ4n) is 2.84. The Morgan fingerprint density at radius 3 is 2.65 bits per heavy atom. The van der Waals surface area contributed by atoms with E-state index in [4.69, 9.17) is 0 Å². The largest absolute Gasteiger partial charge is 0.480 e. The lowest BCUT2D eigenvalue weighted by atomic mass is 10.2. The number of carbonyl (C=O) groups is 2. The van der Waals surface area contributed by atoms with Crippen LogP contribution in [-0.4, -0.2) is 44.3 Å². The summed E-state index contributed by atoms with van der Waals surface area (Å²) in [5.41, 5.74) is 1.95. The van der Waals surface area contributed by atoms with E-state index in [9.17, 15) is 14.7 Å². The molecule has 0 radical (unpaired) electrons. The summed E-state index contributed by atoms with van der Waals surface area (Å²) in [6.45, 7) is 2.32. The number of benzene rings is 1. The molecule has 23 heavy (non-hydrogen) atoms. The van der Waals surface area contributed by atoms with Crippen molar-refractivity contribution in [1.29, 1.82) is 0 Å². The average molecular weight is 378 g/mol. The summed E-state index contributed by atoms with van der Waals surface area (Å²) in [6, 6.07) is 8.54. The maximum Gasteiger partial charge on any atom is 0.326 e. The van der Waals surface area contributed by atoms with Crippen LogP contribution in [0, 0.1) is 6.92 Å². The summed E-state index contributed by atoms with van der Waals surface area (Å²) in [4.78, 5) is 25.2. The maximum absolute atomic E-state index is 12.6. The monoisotopic (exact) mass is 377 g/mol. The summed E-state index contributed by atoms with van der Waals surface area (Å²) < 4.78 is 2.65. The predicted octanol–water partition coefficient (Wildman–Crippen LogP) is 2.63. The number of rotatable bonds is 3. The summed E-state index contributed by atoms with van der Waals surface area (Å²) >= 11 is 3.38. The Balaban J connectivity index is 1.90. The van der Waals surface area contributed by atoms with Gasteiger partial charge in [-0.3, -0.25) is 4.79 Å². The van der Waals surface area contributed by atoms with E-state index in [0.717, 1.165) is 15.9 Å². The zero-order valence-electron chi connectivity index (χ0n) is 12.6. The molecule has 1 aromatic heterocycles. The van der Waals surface area contributed by atoms with Gasteiger partial charge in [-0.05, 0) is 50.1 Å². The number of halogens is 1. The molecule has 1 amide bonds. The van der Waals surface area contributed by atoms with Crippen molar-refractivity contribution in [3.05, 3.63) is 46.2 Å². The third-order valence-corrected chi connectivity index (χ3v) is 4.51. The van der Waals surface area contributed by atoms with E-state index in [0.29, 0.717) is 19.4 Å². The molecular weight excluding hydrogens is 362 g/mol. The van der Waals surface area contributed by atoms with Gasteiger partial charge in [-0.25, -0.2) is 9.48 Å². The number of aromatic nitrogens is 2. The molecule has 2 aromatic rings. The SMILES string of the molecule is Cc1cc(C(=O)N2CCC[C@H]2C(=O)O)nn1-c1ccc(Br)cc1. The highest BCUT2D eigenvalue weighted by Crippen LogP contribution is 2.21. The molecule has 7 heteroatoms. The van der Waals surface area contributed by atoms with Crippen LogP contribution in [0.2, 0.25) is 0 Å². The number of aryl methyl sites for hydroxylation is 1. The Morgan fingerprint density at radius 1 is 1.30 bits per heavy atom. The van der Waals surface area contributed by atoms with Gasteiger partial charge >= 0.3 is 5.97 Å². The quantitative estimate of drug-likeness (QED) is 0.891. The second-order valence-corrected chi connectivity index (χ2v) is 6.47. The minimum absolute atomic E-state index is 0.276. The minimum Gasteiger partial charge on any atom is -0.480 e. The van der Waals surface area contributed by atoms with E-state index in [-0.39, 0.29) is 11.6 Å². The van der Waals surface area contributed by atoms with Crippen LogP contribution >= 0.6 is 15.9 Å². The molecule has 1 aromatic carbocycles. The van der Waals surface area contributed by atoms with Crippen molar-refractivity contribution in [2.75, 3.05) is 6.54 Å². The van der Waals surface area contributed by atoms with E-state index < -0.39 is 12.0 Å². The van der Waals surface area contributed by atoms with Gasteiger partial charge in [-0.2, -0.15) is 5.10 Å². The first-order valence-corrected chi connectivity index (χ1v) is 8.13. The Hall–Kier alpha value is -2.15. The molecular formula is C16H16BrN3O3. The molecule has 1 N–H and O–H groups in total. The van der Waals surface area contributed by atoms with Crippen molar-refractivity contribution in [3.63, 3.8) is 0 Å². The van der Waals surface area contributed by atoms with Crippen molar-refractivity contribution in [2.45, 2.75) is 25.8 Å². The average Bonchev–Trinajstić information content (AvgIpc) is 3.14. The van der Waals surface area contributed by atoms with Crippen molar-refractivity contribution in [1.82, 2.24) is 14.7 Å². The fourth-order valence-corrected chi connectivity index (χ4v) is 3.10. The number of carboxylic acids is 1. The minimum atomic E-state index is -0.958. The van der Waals surface area contributed by atoms with Gasteiger partial charge < -0.3 is 10.0 Å². The molecule has 3 rings (SSSR count). The van der Waals surface area contributed by atoms with Gasteiger partial charge in [0.15, 0.2) is 5.69 Å². The predicted molar refractivity (Wildman–Crippen MR) is 87.7 cm³/mol. The maximum atomic E-state index is 12.6. The normalized spacial score (nSPS) is 17.5. The molecule has 2 heterocycles. The van der Waals surface area contributed by atoms with Crippen molar-refractivity contribution in [2.24, 2.45) is 0 Å². The van der Waals surface area contributed by atoms with Crippen molar-refractivity contribution < 1.29 is 14.7 Å². The smallest absolute Gasteiger partial charge is 0.326 e. The molecule has 1 fully saturated rings. The van der Waals surface area contributed by atoms with E-state index >= 15 is 0 Å². The lowest BCUT2D eigenvalue weighted by Gasteiger charge is -2.20. The summed E-state index contributed by atoms with van der Waals surface area (Å²) in [5, 5.41) is 13.6. The van der Waals surface area contributed by atoms with E-state index in [1.807, 2.05) is 31.2 Å². The summed E-state index contributed by atoms with van der Waals surface area (Å²) in [7, 11) is 0. The molecule has 0 unspecified atom stereocenters. The number of aliphatic carboxylic acids is 1. The third kappa shape index (κ3) is 3.01. The Bertz CT molecular complexity index is 754. The molecule has 1 atom stereocenters. The summed E-state index contributed by atoms with van der Waals surface area (Å²) in [5.74, 6) is -1.28. The molecule has 120 valence electrons. The molecule has 0 bridgehead atoms. The number of amides is 1. The molecule has 0 aliphatic carbocycles.